The molecule has 0 bridgehead atoms. The van der Waals surface area contributed by atoms with Crippen molar-refractivity contribution in [2.24, 2.45) is 0 Å². The van der Waals surface area contributed by atoms with Crippen LogP contribution in [0.4, 0.5) is 0 Å². The average Bonchev–Trinajstić information content (AvgIpc) is 2.95. The fraction of sp³-hybridized carbons (Fsp3) is 0.389. The molecule has 4 rings (SSSR count). The summed E-state index contributed by atoms with van der Waals surface area (Å²) in [5.41, 5.74) is -0.295. The predicted octanol–water partition coefficient (Wildman–Crippen LogP) is 0.802. The van der Waals surface area contributed by atoms with Crippen LogP contribution in [0.1, 0.15) is 34.1 Å². The maximum absolute atomic E-state index is 13.3. The standard InChI is InChI=1S/C18H16O8/c1-18(22)14-13(17-9(26-18)6-10(19)25-17)15(20)11-7(23-2)4-5-8(24-3)12(11)16(14)21/h4-5,9,17,22H,6H2,1-3H3/t9-,17+,18+/m1/s1. The quantitative estimate of drug-likeness (QED) is 0.772. The molecule has 2 aliphatic heterocycles. The lowest BCUT2D eigenvalue weighted by Crippen LogP contribution is -2.51. The topological polar surface area (TPSA) is 108 Å². The first-order chi connectivity index (χ1) is 12.3. The number of carbonyl (C=O) groups is 3. The summed E-state index contributed by atoms with van der Waals surface area (Å²) in [7, 11) is 2.75. The summed E-state index contributed by atoms with van der Waals surface area (Å²) in [6.45, 7) is 1.27. The fourth-order valence-corrected chi connectivity index (χ4v) is 3.82. The van der Waals surface area contributed by atoms with Crippen LogP contribution in [0.15, 0.2) is 23.3 Å². The van der Waals surface area contributed by atoms with Crippen LogP contribution in [-0.2, 0) is 14.3 Å². The molecule has 1 N–H and O–H groups in total. The Bertz CT molecular complexity index is 895. The molecular formula is C18H16O8. The van der Waals surface area contributed by atoms with Crippen LogP contribution in [0.2, 0.25) is 0 Å². The number of aliphatic hydroxyl groups is 1. The number of rotatable bonds is 2. The Morgan fingerprint density at radius 2 is 1.65 bits per heavy atom. The van der Waals surface area contributed by atoms with Gasteiger partial charge in [-0.3, -0.25) is 14.4 Å². The molecule has 136 valence electrons. The highest BCUT2D eigenvalue weighted by Crippen LogP contribution is 2.47. The van der Waals surface area contributed by atoms with Gasteiger partial charge in [-0.15, -0.1) is 0 Å². The third kappa shape index (κ3) is 2.06. The molecule has 0 spiro atoms. The summed E-state index contributed by atoms with van der Waals surface area (Å²) >= 11 is 0. The van der Waals surface area contributed by atoms with E-state index in [0.717, 1.165) is 0 Å². The lowest BCUT2D eigenvalue weighted by Gasteiger charge is -2.40. The minimum absolute atomic E-state index is 0.0118. The summed E-state index contributed by atoms with van der Waals surface area (Å²) in [6.07, 6.45) is -1.99. The van der Waals surface area contributed by atoms with Crippen LogP contribution >= 0.6 is 0 Å². The van der Waals surface area contributed by atoms with Crippen molar-refractivity contribution in [1.29, 1.82) is 0 Å². The highest BCUT2D eigenvalue weighted by Gasteiger charge is 2.56. The highest BCUT2D eigenvalue weighted by atomic mass is 16.7. The number of ketones is 2. The van der Waals surface area contributed by atoms with Gasteiger partial charge >= 0.3 is 5.97 Å². The van der Waals surface area contributed by atoms with Crippen LogP contribution in [0.25, 0.3) is 0 Å². The van der Waals surface area contributed by atoms with Crippen LogP contribution in [-0.4, -0.2) is 54.9 Å². The molecule has 0 aromatic heterocycles. The van der Waals surface area contributed by atoms with Gasteiger partial charge in [0, 0.05) is 0 Å². The van der Waals surface area contributed by atoms with Gasteiger partial charge < -0.3 is 24.1 Å². The number of ether oxygens (including phenoxy) is 4. The first-order valence-corrected chi connectivity index (χ1v) is 7.98. The van der Waals surface area contributed by atoms with E-state index in [9.17, 15) is 19.5 Å². The number of hydrogen-bond acceptors (Lipinski definition) is 8. The second-order valence-corrected chi connectivity index (χ2v) is 6.42. The van der Waals surface area contributed by atoms with E-state index in [0.29, 0.717) is 0 Å². The lowest BCUT2D eigenvalue weighted by molar-refractivity contribution is -0.206. The number of carbonyl (C=O) groups excluding carboxylic acids is 3. The van der Waals surface area contributed by atoms with Crippen LogP contribution in [0, 0.1) is 0 Å². The summed E-state index contributed by atoms with van der Waals surface area (Å²) in [5, 5.41) is 10.7. The van der Waals surface area contributed by atoms with E-state index in [2.05, 4.69) is 0 Å². The number of hydrogen-bond donors (Lipinski definition) is 1. The molecule has 26 heavy (non-hydrogen) atoms. The van der Waals surface area contributed by atoms with E-state index in [4.69, 9.17) is 18.9 Å². The van der Waals surface area contributed by atoms with Gasteiger partial charge in [-0.05, 0) is 19.1 Å². The minimum atomic E-state index is -2.04. The smallest absolute Gasteiger partial charge is 0.309 e. The van der Waals surface area contributed by atoms with Crippen LogP contribution in [0.3, 0.4) is 0 Å². The third-order valence-electron chi connectivity index (χ3n) is 4.86. The third-order valence-corrected chi connectivity index (χ3v) is 4.86. The molecule has 1 saturated heterocycles. The summed E-state index contributed by atoms with van der Waals surface area (Å²) < 4.78 is 21.2. The monoisotopic (exact) mass is 360 g/mol. The molecule has 1 fully saturated rings. The Hall–Kier alpha value is -2.71. The zero-order valence-electron chi connectivity index (χ0n) is 14.3. The summed E-state index contributed by atoms with van der Waals surface area (Å²) in [5.74, 6) is -3.42. The molecule has 8 nitrogen and oxygen atoms in total. The van der Waals surface area contributed by atoms with Gasteiger partial charge in [0.25, 0.3) is 0 Å². The van der Waals surface area contributed by atoms with Gasteiger partial charge in [-0.2, -0.15) is 0 Å². The second kappa shape index (κ2) is 5.39. The highest BCUT2D eigenvalue weighted by molar-refractivity contribution is 6.30. The largest absolute Gasteiger partial charge is 0.496 e. The lowest BCUT2D eigenvalue weighted by atomic mass is 9.75. The Balaban J connectivity index is 2.01. The van der Waals surface area contributed by atoms with Crippen molar-refractivity contribution in [1.82, 2.24) is 0 Å². The predicted molar refractivity (Wildman–Crippen MR) is 85.2 cm³/mol. The second-order valence-electron chi connectivity index (χ2n) is 6.42. The van der Waals surface area contributed by atoms with E-state index in [1.165, 1.54) is 33.3 Å². The molecule has 2 heterocycles. The zero-order chi connectivity index (χ0) is 18.8. The van der Waals surface area contributed by atoms with E-state index in [-0.39, 0.29) is 40.2 Å². The molecule has 0 radical (unpaired) electrons. The van der Waals surface area contributed by atoms with Crippen LogP contribution in [0.5, 0.6) is 11.5 Å². The SMILES string of the molecule is COc1ccc(OC)c2c1C(=O)C1=C(C2=O)[C@@](C)(O)O[C@@H]2CC(=O)O[C@H]12. The normalized spacial score (nSPS) is 29.8. The zero-order valence-corrected chi connectivity index (χ0v) is 14.3. The number of benzene rings is 1. The number of fused-ring (bicyclic) bond motifs is 3. The molecule has 0 saturated carbocycles. The molecule has 1 aromatic carbocycles. The fourth-order valence-electron chi connectivity index (χ4n) is 3.82. The van der Waals surface area contributed by atoms with Gasteiger partial charge in [0.05, 0.1) is 42.9 Å². The Morgan fingerprint density at radius 1 is 1.08 bits per heavy atom. The average molecular weight is 360 g/mol. The Labute approximate surface area is 148 Å². The molecule has 0 amide bonds. The molecule has 0 unspecified atom stereocenters. The number of methoxy groups -OCH3 is 2. The summed E-state index contributed by atoms with van der Waals surface area (Å²) in [6, 6.07) is 3.02. The number of Topliss-reactive ketones (excluding diaryl/α,β-unsaturated/α-hetero) is 2. The number of esters is 1. The van der Waals surface area contributed by atoms with Crippen LogP contribution < -0.4 is 9.47 Å². The maximum Gasteiger partial charge on any atom is 0.309 e. The summed E-state index contributed by atoms with van der Waals surface area (Å²) in [4.78, 5) is 38.2. The van der Waals surface area contributed by atoms with Gasteiger partial charge in [0.2, 0.25) is 0 Å². The van der Waals surface area contributed by atoms with Crippen molar-refractivity contribution < 1.29 is 38.4 Å². The molecule has 1 aromatic rings. The molecule has 8 heteroatoms. The van der Waals surface area contributed by atoms with Crippen molar-refractivity contribution in [2.45, 2.75) is 31.3 Å². The van der Waals surface area contributed by atoms with Crippen molar-refractivity contribution in [3.8, 4) is 11.5 Å². The van der Waals surface area contributed by atoms with E-state index in [1.807, 2.05) is 0 Å². The molecule has 3 aliphatic rings. The Kier molecular flexibility index (Phi) is 3.47. The first-order valence-electron chi connectivity index (χ1n) is 7.98. The van der Waals surface area contributed by atoms with Crippen molar-refractivity contribution in [2.75, 3.05) is 14.2 Å². The molecule has 1 aliphatic carbocycles. The maximum atomic E-state index is 13.3. The Morgan fingerprint density at radius 3 is 2.23 bits per heavy atom. The van der Waals surface area contributed by atoms with Gasteiger partial charge in [0.1, 0.15) is 17.6 Å². The van der Waals surface area contributed by atoms with Gasteiger partial charge in [-0.1, -0.05) is 0 Å². The van der Waals surface area contributed by atoms with E-state index in [1.54, 1.807) is 0 Å². The first kappa shape index (κ1) is 16.7. The molecular weight excluding hydrogens is 344 g/mol. The van der Waals surface area contributed by atoms with Crippen molar-refractivity contribution in [3.63, 3.8) is 0 Å². The van der Waals surface area contributed by atoms with Crippen molar-refractivity contribution in [3.05, 3.63) is 34.4 Å². The minimum Gasteiger partial charge on any atom is -0.496 e. The van der Waals surface area contributed by atoms with Gasteiger partial charge in [0.15, 0.2) is 23.5 Å². The van der Waals surface area contributed by atoms with E-state index >= 15 is 0 Å². The van der Waals surface area contributed by atoms with Crippen molar-refractivity contribution >= 4 is 17.5 Å². The van der Waals surface area contributed by atoms with Gasteiger partial charge in [-0.25, -0.2) is 0 Å². The molecule has 3 atom stereocenters. The van der Waals surface area contributed by atoms with E-state index < -0.39 is 35.5 Å².